The smallest absolute Gasteiger partial charge is 0.225 e. The fourth-order valence-electron chi connectivity index (χ4n) is 4.62. The van der Waals surface area contributed by atoms with Crippen LogP contribution in [0.1, 0.15) is 58.3 Å². The zero-order valence-electron chi connectivity index (χ0n) is 14.3. The molecule has 2 amide bonds. The van der Waals surface area contributed by atoms with Gasteiger partial charge in [-0.2, -0.15) is 0 Å². The Morgan fingerprint density at radius 3 is 2.65 bits per heavy atom. The Hall–Kier alpha value is -1.10. The molecular weight excluding hydrogens is 290 g/mol. The number of hydrogen-bond donors (Lipinski definition) is 2. The quantitative estimate of drug-likeness (QED) is 0.827. The molecule has 1 heterocycles. The fourth-order valence-corrected chi connectivity index (χ4v) is 4.62. The van der Waals surface area contributed by atoms with Crippen molar-refractivity contribution in [1.82, 2.24) is 10.2 Å². The molecule has 0 aromatic heterocycles. The minimum Gasteiger partial charge on any atom is -0.353 e. The van der Waals surface area contributed by atoms with E-state index in [2.05, 4.69) is 12.2 Å². The van der Waals surface area contributed by atoms with Gasteiger partial charge in [0.25, 0.3) is 0 Å². The van der Waals surface area contributed by atoms with Crippen molar-refractivity contribution >= 4 is 11.8 Å². The van der Waals surface area contributed by atoms with Crippen LogP contribution < -0.4 is 11.1 Å². The summed E-state index contributed by atoms with van der Waals surface area (Å²) in [6.07, 6.45) is 8.26. The van der Waals surface area contributed by atoms with Crippen molar-refractivity contribution in [2.75, 3.05) is 13.1 Å². The van der Waals surface area contributed by atoms with Gasteiger partial charge in [-0.15, -0.1) is 0 Å². The van der Waals surface area contributed by atoms with Crippen molar-refractivity contribution < 1.29 is 9.59 Å². The fraction of sp³-hybridized carbons (Fsp3) is 0.889. The number of nitrogens with two attached hydrogens (primary N) is 1. The van der Waals surface area contributed by atoms with E-state index in [1.807, 2.05) is 4.90 Å². The molecule has 2 saturated carbocycles. The molecule has 3 fully saturated rings. The van der Waals surface area contributed by atoms with E-state index in [9.17, 15) is 9.59 Å². The van der Waals surface area contributed by atoms with Crippen LogP contribution in [-0.4, -0.2) is 41.9 Å². The lowest BCUT2D eigenvalue weighted by Crippen LogP contribution is -2.44. The van der Waals surface area contributed by atoms with Gasteiger partial charge < -0.3 is 16.0 Å². The van der Waals surface area contributed by atoms with Crippen molar-refractivity contribution in [3.05, 3.63) is 0 Å². The highest BCUT2D eigenvalue weighted by Crippen LogP contribution is 2.32. The van der Waals surface area contributed by atoms with Gasteiger partial charge in [-0.25, -0.2) is 0 Å². The number of hydrogen-bond acceptors (Lipinski definition) is 3. The first-order chi connectivity index (χ1) is 11.1. The summed E-state index contributed by atoms with van der Waals surface area (Å²) in [7, 11) is 0. The Bertz CT molecular complexity index is 446. The molecule has 3 unspecified atom stereocenters. The molecule has 5 nitrogen and oxygen atoms in total. The van der Waals surface area contributed by atoms with Crippen molar-refractivity contribution in [1.29, 1.82) is 0 Å². The third kappa shape index (κ3) is 3.70. The summed E-state index contributed by atoms with van der Waals surface area (Å²) >= 11 is 0. The zero-order valence-corrected chi connectivity index (χ0v) is 14.3. The molecule has 130 valence electrons. The second-order valence-electron chi connectivity index (χ2n) is 7.90. The maximum atomic E-state index is 12.6. The predicted octanol–water partition coefficient (Wildman–Crippen LogP) is 1.66. The van der Waals surface area contributed by atoms with Crippen molar-refractivity contribution in [2.45, 2.75) is 70.4 Å². The average Bonchev–Trinajstić information content (AvgIpc) is 3.14. The highest BCUT2D eigenvalue weighted by atomic mass is 16.2. The summed E-state index contributed by atoms with van der Waals surface area (Å²) in [5, 5.41) is 3.18. The van der Waals surface area contributed by atoms with Gasteiger partial charge in [0.2, 0.25) is 11.8 Å². The van der Waals surface area contributed by atoms with Crippen LogP contribution in [0.4, 0.5) is 0 Å². The molecule has 0 aromatic rings. The molecule has 3 aliphatic rings. The minimum absolute atomic E-state index is 0.0652. The van der Waals surface area contributed by atoms with Gasteiger partial charge in [0.05, 0.1) is 5.92 Å². The summed E-state index contributed by atoms with van der Waals surface area (Å²) in [4.78, 5) is 26.9. The van der Waals surface area contributed by atoms with Crippen LogP contribution in [0, 0.1) is 17.8 Å². The number of rotatable bonds is 4. The molecule has 5 heteroatoms. The predicted molar refractivity (Wildman–Crippen MR) is 89.6 cm³/mol. The monoisotopic (exact) mass is 321 g/mol. The first-order valence-corrected chi connectivity index (χ1v) is 9.38. The molecule has 3 N–H and O–H groups in total. The lowest BCUT2D eigenvalue weighted by molar-refractivity contribution is -0.131. The van der Waals surface area contributed by atoms with Gasteiger partial charge in [0.1, 0.15) is 0 Å². The van der Waals surface area contributed by atoms with E-state index in [4.69, 9.17) is 5.73 Å². The molecule has 3 rings (SSSR count). The van der Waals surface area contributed by atoms with Crippen LogP contribution in [0.2, 0.25) is 0 Å². The maximum absolute atomic E-state index is 12.6. The number of likely N-dealkylation sites (tertiary alicyclic amines) is 1. The van der Waals surface area contributed by atoms with Crippen LogP contribution in [-0.2, 0) is 9.59 Å². The van der Waals surface area contributed by atoms with Gasteiger partial charge in [0.15, 0.2) is 0 Å². The Labute approximate surface area is 139 Å². The average molecular weight is 321 g/mol. The van der Waals surface area contributed by atoms with Crippen LogP contribution in [0.5, 0.6) is 0 Å². The topological polar surface area (TPSA) is 75.4 Å². The Morgan fingerprint density at radius 2 is 1.96 bits per heavy atom. The molecule has 0 bridgehead atoms. The maximum Gasteiger partial charge on any atom is 0.225 e. The second-order valence-corrected chi connectivity index (χ2v) is 7.90. The summed E-state index contributed by atoms with van der Waals surface area (Å²) in [6, 6.07) is 0.576. The van der Waals surface area contributed by atoms with Gasteiger partial charge in [0, 0.05) is 25.0 Å². The van der Waals surface area contributed by atoms with E-state index in [1.54, 1.807) is 0 Å². The first kappa shape index (κ1) is 16.7. The SMILES string of the molecule is CC1CCC(N2CC(C(=O)NC3CCCC3CN)CC2=O)CC1. The third-order valence-electron chi connectivity index (χ3n) is 6.24. The van der Waals surface area contributed by atoms with E-state index in [1.165, 1.54) is 12.8 Å². The molecule has 1 saturated heterocycles. The minimum atomic E-state index is -0.166. The van der Waals surface area contributed by atoms with E-state index in [0.29, 0.717) is 31.5 Å². The molecule has 2 aliphatic carbocycles. The van der Waals surface area contributed by atoms with E-state index in [0.717, 1.165) is 38.0 Å². The normalized spacial score (nSPS) is 38.1. The van der Waals surface area contributed by atoms with Crippen molar-refractivity contribution in [3.63, 3.8) is 0 Å². The molecule has 0 radical (unpaired) electrons. The van der Waals surface area contributed by atoms with Crippen LogP contribution >= 0.6 is 0 Å². The molecule has 0 aromatic carbocycles. The number of carbonyl (C=O) groups is 2. The van der Waals surface area contributed by atoms with E-state index in [-0.39, 0.29) is 23.8 Å². The zero-order chi connectivity index (χ0) is 16.4. The van der Waals surface area contributed by atoms with Crippen molar-refractivity contribution in [3.8, 4) is 0 Å². The van der Waals surface area contributed by atoms with Gasteiger partial charge in [-0.3, -0.25) is 9.59 Å². The summed E-state index contributed by atoms with van der Waals surface area (Å²) in [6.45, 7) is 3.54. The van der Waals surface area contributed by atoms with Gasteiger partial charge in [-0.05, 0) is 56.9 Å². The summed E-state index contributed by atoms with van der Waals surface area (Å²) in [5.74, 6) is 1.26. The van der Waals surface area contributed by atoms with Crippen molar-refractivity contribution in [2.24, 2.45) is 23.5 Å². The standard InChI is InChI=1S/C18H31N3O2/c1-12-5-7-15(8-6-12)21-11-14(9-17(21)22)18(23)20-16-4-2-3-13(16)10-19/h12-16H,2-11,19H2,1H3,(H,20,23). The number of nitrogens with zero attached hydrogens (tertiary/aromatic N) is 1. The Balaban J connectivity index is 1.53. The molecule has 3 atom stereocenters. The molecule has 1 aliphatic heterocycles. The molecule has 23 heavy (non-hydrogen) atoms. The van der Waals surface area contributed by atoms with Crippen LogP contribution in [0.3, 0.4) is 0 Å². The molecular formula is C18H31N3O2. The first-order valence-electron chi connectivity index (χ1n) is 9.38. The Kier molecular flexibility index (Phi) is 5.24. The lowest BCUT2D eigenvalue weighted by Gasteiger charge is -2.33. The van der Waals surface area contributed by atoms with E-state index >= 15 is 0 Å². The van der Waals surface area contributed by atoms with Gasteiger partial charge >= 0.3 is 0 Å². The summed E-state index contributed by atoms with van der Waals surface area (Å²) < 4.78 is 0. The highest BCUT2D eigenvalue weighted by Gasteiger charge is 2.40. The van der Waals surface area contributed by atoms with Gasteiger partial charge in [-0.1, -0.05) is 13.3 Å². The number of nitrogens with one attached hydrogen (secondary N) is 1. The Morgan fingerprint density at radius 1 is 1.22 bits per heavy atom. The molecule has 0 spiro atoms. The largest absolute Gasteiger partial charge is 0.353 e. The van der Waals surface area contributed by atoms with Crippen LogP contribution in [0.25, 0.3) is 0 Å². The van der Waals surface area contributed by atoms with Crippen LogP contribution in [0.15, 0.2) is 0 Å². The van der Waals surface area contributed by atoms with E-state index < -0.39 is 0 Å². The number of amides is 2. The highest BCUT2D eigenvalue weighted by molar-refractivity contribution is 5.89. The lowest BCUT2D eigenvalue weighted by atomic mass is 9.86. The third-order valence-corrected chi connectivity index (χ3v) is 6.24. The second kappa shape index (κ2) is 7.20. The number of carbonyl (C=O) groups excluding carboxylic acids is 2. The summed E-state index contributed by atoms with van der Waals surface area (Å²) in [5.41, 5.74) is 5.79.